The molecule has 5 rings (SSSR count). The summed E-state index contributed by atoms with van der Waals surface area (Å²) in [6.45, 7) is 0.259. The number of nitrogens with one attached hydrogen (secondary N) is 3. The van der Waals surface area contributed by atoms with E-state index in [-0.39, 0.29) is 18.4 Å². The molecule has 0 bridgehead atoms. The zero-order valence-electron chi connectivity index (χ0n) is 17.0. The van der Waals surface area contributed by atoms with Gasteiger partial charge in [0.1, 0.15) is 0 Å². The number of pyridine rings is 1. The number of fused-ring (bicyclic) bond motifs is 2. The van der Waals surface area contributed by atoms with Gasteiger partial charge in [0.05, 0.1) is 23.3 Å². The number of hydrogen-bond donors (Lipinski definition) is 3. The number of aromatic nitrogens is 2. The third-order valence-electron chi connectivity index (χ3n) is 5.45. The standard InChI is InChI=1S/C25H20N4O2S/c30-24(19-8-10-32-15-19)28-14-22(18-6-5-16-3-1-2-4-17(16)11-18)29-25(31)21-12-26-13-23-20(21)7-9-27-23/h1-13,15,22,27H,14H2,(H,28,30)(H,29,31). The van der Waals surface area contributed by atoms with Crippen molar-refractivity contribution >= 4 is 44.8 Å². The van der Waals surface area contributed by atoms with Crippen LogP contribution in [0.3, 0.4) is 0 Å². The Bertz CT molecular complexity index is 1410. The van der Waals surface area contributed by atoms with Crippen molar-refractivity contribution in [2.75, 3.05) is 6.54 Å². The van der Waals surface area contributed by atoms with Gasteiger partial charge in [-0.25, -0.2) is 0 Å². The number of carbonyl (C=O) groups is 2. The quantitative estimate of drug-likeness (QED) is 0.358. The van der Waals surface area contributed by atoms with Gasteiger partial charge >= 0.3 is 0 Å². The summed E-state index contributed by atoms with van der Waals surface area (Å²) in [5.74, 6) is -0.411. The fourth-order valence-corrected chi connectivity index (χ4v) is 4.40. The van der Waals surface area contributed by atoms with E-state index in [9.17, 15) is 9.59 Å². The monoisotopic (exact) mass is 440 g/mol. The van der Waals surface area contributed by atoms with Crippen LogP contribution in [-0.2, 0) is 0 Å². The number of rotatable bonds is 6. The van der Waals surface area contributed by atoms with Crippen LogP contribution in [0, 0.1) is 0 Å². The Morgan fingerprint density at radius 2 is 1.88 bits per heavy atom. The lowest BCUT2D eigenvalue weighted by molar-refractivity contribution is 0.0909. The fraction of sp³-hybridized carbons (Fsp3) is 0.0800. The maximum atomic E-state index is 13.2. The molecule has 7 heteroatoms. The highest BCUT2D eigenvalue weighted by atomic mass is 32.1. The summed E-state index contributed by atoms with van der Waals surface area (Å²) in [5.41, 5.74) is 2.81. The highest BCUT2D eigenvalue weighted by Crippen LogP contribution is 2.22. The van der Waals surface area contributed by atoms with Crippen molar-refractivity contribution in [1.82, 2.24) is 20.6 Å². The predicted octanol–water partition coefficient (Wildman–Crippen LogP) is 4.68. The minimum atomic E-state index is -0.413. The van der Waals surface area contributed by atoms with Gasteiger partial charge in [-0.1, -0.05) is 36.4 Å². The van der Waals surface area contributed by atoms with E-state index in [1.807, 2.05) is 53.9 Å². The number of amides is 2. The van der Waals surface area contributed by atoms with Crippen LogP contribution in [0.25, 0.3) is 21.7 Å². The highest BCUT2D eigenvalue weighted by Gasteiger charge is 2.20. The first-order valence-electron chi connectivity index (χ1n) is 10.2. The van der Waals surface area contributed by atoms with E-state index in [0.717, 1.165) is 27.2 Å². The van der Waals surface area contributed by atoms with Gasteiger partial charge in [-0.2, -0.15) is 11.3 Å². The lowest BCUT2D eigenvalue weighted by Gasteiger charge is -2.21. The molecule has 32 heavy (non-hydrogen) atoms. The van der Waals surface area contributed by atoms with Gasteiger partial charge in [-0.3, -0.25) is 14.6 Å². The first-order chi connectivity index (χ1) is 15.7. The van der Waals surface area contributed by atoms with E-state index in [0.29, 0.717) is 11.1 Å². The molecular formula is C25H20N4O2S. The summed E-state index contributed by atoms with van der Waals surface area (Å²) in [5, 5.41) is 12.7. The molecule has 0 spiro atoms. The van der Waals surface area contributed by atoms with Crippen molar-refractivity contribution in [3.63, 3.8) is 0 Å². The normalized spacial score (nSPS) is 12.0. The Morgan fingerprint density at radius 1 is 1.00 bits per heavy atom. The van der Waals surface area contributed by atoms with E-state index in [1.165, 1.54) is 11.3 Å². The molecule has 0 radical (unpaired) electrons. The lowest BCUT2D eigenvalue weighted by Crippen LogP contribution is -2.38. The van der Waals surface area contributed by atoms with Crippen molar-refractivity contribution in [2.45, 2.75) is 6.04 Å². The number of carbonyl (C=O) groups excluding carboxylic acids is 2. The molecule has 2 amide bonds. The molecule has 158 valence electrons. The van der Waals surface area contributed by atoms with Gasteiger partial charge in [0, 0.05) is 35.3 Å². The number of aromatic amines is 1. The van der Waals surface area contributed by atoms with Gasteiger partial charge in [0.25, 0.3) is 11.8 Å². The van der Waals surface area contributed by atoms with Crippen LogP contribution < -0.4 is 10.6 Å². The predicted molar refractivity (Wildman–Crippen MR) is 127 cm³/mol. The Labute approximate surface area is 188 Å². The van der Waals surface area contributed by atoms with Crippen LogP contribution in [0.2, 0.25) is 0 Å². The largest absolute Gasteiger partial charge is 0.360 e. The maximum absolute atomic E-state index is 13.2. The van der Waals surface area contributed by atoms with Gasteiger partial charge in [0.15, 0.2) is 0 Å². The summed E-state index contributed by atoms with van der Waals surface area (Å²) < 4.78 is 0. The number of benzene rings is 2. The Kier molecular flexibility index (Phi) is 5.39. The van der Waals surface area contributed by atoms with Crippen molar-refractivity contribution in [2.24, 2.45) is 0 Å². The minimum Gasteiger partial charge on any atom is -0.360 e. The molecule has 1 unspecified atom stereocenters. The second-order valence-electron chi connectivity index (χ2n) is 7.48. The van der Waals surface area contributed by atoms with Crippen molar-refractivity contribution in [3.05, 3.63) is 101 Å². The SMILES string of the molecule is O=C(NCC(NC(=O)c1cncc2[nH]ccc12)c1ccc2ccccc2c1)c1ccsc1. The first-order valence-corrected chi connectivity index (χ1v) is 11.1. The molecule has 3 aromatic heterocycles. The number of nitrogens with zero attached hydrogens (tertiary/aromatic N) is 1. The van der Waals surface area contributed by atoms with Gasteiger partial charge in [0.2, 0.25) is 0 Å². The molecule has 3 N–H and O–H groups in total. The van der Waals surface area contributed by atoms with E-state index < -0.39 is 6.04 Å². The van der Waals surface area contributed by atoms with Crippen LogP contribution in [-0.4, -0.2) is 28.3 Å². The van der Waals surface area contributed by atoms with Crippen molar-refractivity contribution in [3.8, 4) is 0 Å². The van der Waals surface area contributed by atoms with Gasteiger partial charge in [-0.05, 0) is 39.9 Å². The minimum absolute atomic E-state index is 0.166. The third-order valence-corrected chi connectivity index (χ3v) is 6.14. The zero-order valence-corrected chi connectivity index (χ0v) is 17.9. The molecule has 1 atom stereocenters. The number of thiophene rings is 1. The van der Waals surface area contributed by atoms with Crippen LogP contribution in [0.1, 0.15) is 32.3 Å². The summed E-state index contributed by atoms with van der Waals surface area (Å²) in [6, 6.07) is 17.3. The smallest absolute Gasteiger partial charge is 0.254 e. The molecule has 2 aromatic carbocycles. The molecule has 6 nitrogen and oxygen atoms in total. The van der Waals surface area contributed by atoms with Crippen LogP contribution in [0.5, 0.6) is 0 Å². The molecule has 0 fully saturated rings. The van der Waals surface area contributed by atoms with Crippen LogP contribution >= 0.6 is 11.3 Å². The topological polar surface area (TPSA) is 86.9 Å². The average Bonchev–Trinajstić information content (AvgIpc) is 3.53. The Balaban J connectivity index is 1.44. The third kappa shape index (κ3) is 3.98. The lowest BCUT2D eigenvalue weighted by atomic mass is 10.0. The molecule has 0 aliphatic heterocycles. The Morgan fingerprint density at radius 3 is 2.72 bits per heavy atom. The summed E-state index contributed by atoms with van der Waals surface area (Å²) in [4.78, 5) is 33.0. The molecular weight excluding hydrogens is 420 g/mol. The van der Waals surface area contributed by atoms with Gasteiger partial charge in [-0.15, -0.1) is 0 Å². The molecule has 3 heterocycles. The van der Waals surface area contributed by atoms with E-state index in [4.69, 9.17) is 0 Å². The number of H-pyrrole nitrogens is 1. The summed E-state index contributed by atoms with van der Waals surface area (Å²) >= 11 is 1.47. The summed E-state index contributed by atoms with van der Waals surface area (Å²) in [7, 11) is 0. The van der Waals surface area contributed by atoms with Gasteiger partial charge < -0.3 is 15.6 Å². The molecule has 0 saturated carbocycles. The number of hydrogen-bond acceptors (Lipinski definition) is 4. The second kappa shape index (κ2) is 8.64. The average molecular weight is 441 g/mol. The van der Waals surface area contributed by atoms with Crippen LogP contribution in [0.4, 0.5) is 0 Å². The zero-order chi connectivity index (χ0) is 21.9. The maximum Gasteiger partial charge on any atom is 0.254 e. The van der Waals surface area contributed by atoms with E-state index in [1.54, 1.807) is 30.0 Å². The molecule has 0 aliphatic carbocycles. The second-order valence-corrected chi connectivity index (χ2v) is 8.26. The van der Waals surface area contributed by atoms with Crippen molar-refractivity contribution in [1.29, 1.82) is 0 Å². The summed E-state index contributed by atoms with van der Waals surface area (Å²) in [6.07, 6.45) is 5.03. The van der Waals surface area contributed by atoms with Crippen molar-refractivity contribution < 1.29 is 9.59 Å². The molecule has 0 saturated heterocycles. The highest BCUT2D eigenvalue weighted by molar-refractivity contribution is 7.08. The first kappa shape index (κ1) is 20.0. The molecule has 0 aliphatic rings. The molecule has 5 aromatic rings. The van der Waals surface area contributed by atoms with E-state index in [2.05, 4.69) is 20.6 Å². The fourth-order valence-electron chi connectivity index (χ4n) is 3.76. The van der Waals surface area contributed by atoms with Crippen LogP contribution in [0.15, 0.2) is 83.9 Å². The Hall–Kier alpha value is -3.97. The van der Waals surface area contributed by atoms with E-state index >= 15 is 0 Å².